The first-order chi connectivity index (χ1) is 15.6. The van der Waals surface area contributed by atoms with Gasteiger partial charge < -0.3 is 20.1 Å². The van der Waals surface area contributed by atoms with Crippen LogP contribution in [-0.4, -0.2) is 47.4 Å². The second-order valence-corrected chi connectivity index (χ2v) is 7.24. The summed E-state index contributed by atoms with van der Waals surface area (Å²) in [5.41, 5.74) is 5.85. The maximum atomic E-state index is 8.87. The van der Waals surface area contributed by atoms with Gasteiger partial charge in [0.1, 0.15) is 19.1 Å². The minimum absolute atomic E-state index is 0.114. The first-order valence-corrected chi connectivity index (χ1v) is 10.3. The fourth-order valence-electron chi connectivity index (χ4n) is 3.11. The Morgan fingerprint density at radius 3 is 2.69 bits per heavy atom. The Hall–Kier alpha value is -3.84. The van der Waals surface area contributed by atoms with E-state index in [0.29, 0.717) is 6.61 Å². The number of hydrogen-bond acceptors (Lipinski definition) is 5. The molecule has 1 heterocycles. The Kier molecular flexibility index (Phi) is 8.22. The van der Waals surface area contributed by atoms with Gasteiger partial charge in [-0.25, -0.2) is 4.99 Å². The van der Waals surface area contributed by atoms with Crippen LogP contribution in [0.4, 0.5) is 5.69 Å². The molecule has 3 aromatic rings. The highest BCUT2D eigenvalue weighted by atomic mass is 16.5. The number of aromatic amines is 1. The molecule has 0 atom stereocenters. The van der Waals surface area contributed by atoms with Gasteiger partial charge >= 0.3 is 0 Å². The number of aliphatic hydroxyl groups is 1. The van der Waals surface area contributed by atoms with Crippen LogP contribution < -0.4 is 10.1 Å². The Morgan fingerprint density at radius 1 is 1.19 bits per heavy atom. The van der Waals surface area contributed by atoms with Crippen LogP contribution in [0, 0.1) is 0 Å². The molecule has 32 heavy (non-hydrogen) atoms. The maximum absolute atomic E-state index is 8.87. The molecule has 3 N–H and O–H groups in total. The number of aromatic nitrogens is 2. The van der Waals surface area contributed by atoms with Gasteiger partial charge in [0, 0.05) is 25.2 Å². The summed E-state index contributed by atoms with van der Waals surface area (Å²) in [5.74, 6) is 0.767. The van der Waals surface area contributed by atoms with Crippen LogP contribution >= 0.6 is 0 Å². The van der Waals surface area contributed by atoms with Gasteiger partial charge in [-0.1, -0.05) is 36.4 Å². The van der Waals surface area contributed by atoms with E-state index in [2.05, 4.69) is 26.6 Å². The molecule has 0 aliphatic rings. The molecule has 0 fully saturated rings. The highest BCUT2D eigenvalue weighted by Gasteiger charge is 2.09. The molecular weight excluding hydrogens is 402 g/mol. The quantitative estimate of drug-likeness (QED) is 0.192. The van der Waals surface area contributed by atoms with Crippen LogP contribution in [0.3, 0.4) is 0 Å². The third-order valence-corrected chi connectivity index (χ3v) is 4.69. The van der Waals surface area contributed by atoms with Crippen molar-refractivity contribution in [1.82, 2.24) is 20.4 Å². The minimum Gasteiger partial charge on any atom is -0.487 e. The number of H-pyrrole nitrogens is 1. The topological polar surface area (TPSA) is 85.8 Å². The fourth-order valence-corrected chi connectivity index (χ4v) is 3.11. The van der Waals surface area contributed by atoms with E-state index in [1.54, 1.807) is 18.7 Å². The number of hydrogen-bond donors (Lipinski definition) is 3. The number of ether oxygens (including phenoxy) is 1. The smallest absolute Gasteiger partial charge is 0.130 e. The highest BCUT2D eigenvalue weighted by Crippen LogP contribution is 2.31. The number of nitrogens with zero attached hydrogens (tertiary/aromatic N) is 3. The second kappa shape index (κ2) is 11.5. The molecule has 7 heteroatoms. The predicted octanol–water partition coefficient (Wildman–Crippen LogP) is 4.33. The molecule has 0 unspecified atom stereocenters. The molecular formula is C25H29N5O2. The van der Waals surface area contributed by atoms with Crippen molar-refractivity contribution in [3.05, 3.63) is 84.3 Å². The first kappa shape index (κ1) is 22.8. The van der Waals surface area contributed by atoms with Crippen molar-refractivity contribution < 1.29 is 9.84 Å². The lowest BCUT2D eigenvalue weighted by Crippen LogP contribution is -2.07. The van der Waals surface area contributed by atoms with Gasteiger partial charge in [-0.2, -0.15) is 5.10 Å². The summed E-state index contributed by atoms with van der Waals surface area (Å²) < 4.78 is 6.00. The Balaban J connectivity index is 1.71. The summed E-state index contributed by atoms with van der Waals surface area (Å²) in [4.78, 5) is 6.48. The van der Waals surface area contributed by atoms with Gasteiger partial charge in [0.25, 0.3) is 0 Å². The molecule has 1 aromatic heterocycles. The number of nitrogens with one attached hydrogen (secondary N) is 2. The number of aliphatic hydroxyl groups excluding tert-OH is 1. The molecule has 3 rings (SSSR count). The Bertz CT molecular complexity index is 1080. The van der Waals surface area contributed by atoms with Crippen molar-refractivity contribution in [2.45, 2.75) is 13.5 Å². The van der Waals surface area contributed by atoms with E-state index in [1.165, 1.54) is 0 Å². The molecule has 0 saturated carbocycles. The molecule has 0 radical (unpaired) electrons. The molecule has 0 aliphatic heterocycles. The van der Waals surface area contributed by atoms with E-state index >= 15 is 0 Å². The van der Waals surface area contributed by atoms with Crippen molar-refractivity contribution in [2.24, 2.45) is 4.99 Å². The average Bonchev–Trinajstić information content (AvgIpc) is 3.28. The maximum Gasteiger partial charge on any atom is 0.130 e. The van der Waals surface area contributed by atoms with Gasteiger partial charge in [-0.15, -0.1) is 0 Å². The van der Waals surface area contributed by atoms with E-state index in [0.717, 1.165) is 39.4 Å². The van der Waals surface area contributed by atoms with Crippen molar-refractivity contribution in [1.29, 1.82) is 0 Å². The zero-order chi connectivity index (χ0) is 22.8. The van der Waals surface area contributed by atoms with Crippen molar-refractivity contribution >= 4 is 17.6 Å². The second-order valence-electron chi connectivity index (χ2n) is 7.24. The van der Waals surface area contributed by atoms with E-state index in [-0.39, 0.29) is 6.73 Å². The third-order valence-electron chi connectivity index (χ3n) is 4.69. The van der Waals surface area contributed by atoms with Crippen LogP contribution in [0.25, 0.3) is 16.7 Å². The summed E-state index contributed by atoms with van der Waals surface area (Å²) in [5, 5.41) is 18.8. The lowest BCUT2D eigenvalue weighted by molar-refractivity contribution is 0.280. The molecule has 0 aliphatic carbocycles. The van der Waals surface area contributed by atoms with Gasteiger partial charge in [0.15, 0.2) is 0 Å². The molecule has 0 spiro atoms. The third kappa shape index (κ3) is 6.09. The van der Waals surface area contributed by atoms with Crippen LogP contribution in [0.5, 0.6) is 5.75 Å². The zero-order valence-corrected chi connectivity index (χ0v) is 18.6. The van der Waals surface area contributed by atoms with Crippen LogP contribution in [0.1, 0.15) is 18.2 Å². The molecule has 2 aromatic carbocycles. The Labute approximate surface area is 188 Å². The summed E-state index contributed by atoms with van der Waals surface area (Å²) >= 11 is 0. The van der Waals surface area contributed by atoms with Gasteiger partial charge in [0.05, 0.1) is 23.9 Å². The summed E-state index contributed by atoms with van der Waals surface area (Å²) in [7, 11) is 3.90. The normalized spacial score (nSPS) is 11.9. The highest BCUT2D eigenvalue weighted by molar-refractivity contribution is 5.79. The van der Waals surface area contributed by atoms with Gasteiger partial charge in [-0.3, -0.25) is 5.10 Å². The van der Waals surface area contributed by atoms with Crippen molar-refractivity contribution in [2.75, 3.05) is 20.8 Å². The summed E-state index contributed by atoms with van der Waals surface area (Å²) in [6, 6.07) is 16.0. The lowest BCUT2D eigenvalue weighted by Gasteiger charge is -2.10. The van der Waals surface area contributed by atoms with Crippen molar-refractivity contribution in [3.63, 3.8) is 0 Å². The summed E-state index contributed by atoms with van der Waals surface area (Å²) in [6.45, 7) is 2.20. The van der Waals surface area contributed by atoms with Crippen molar-refractivity contribution in [3.8, 4) is 16.9 Å². The molecule has 7 nitrogen and oxygen atoms in total. The van der Waals surface area contributed by atoms with Gasteiger partial charge in [0.2, 0.25) is 0 Å². The van der Waals surface area contributed by atoms with Crippen LogP contribution in [-0.2, 0) is 6.61 Å². The largest absolute Gasteiger partial charge is 0.487 e. The molecule has 0 amide bonds. The average molecular weight is 432 g/mol. The number of aliphatic imine (C=N–C) groups is 1. The molecule has 0 saturated heterocycles. The Morgan fingerprint density at radius 2 is 1.97 bits per heavy atom. The zero-order valence-electron chi connectivity index (χ0n) is 18.6. The first-order valence-electron chi connectivity index (χ1n) is 10.3. The minimum atomic E-state index is -0.114. The number of para-hydroxylation sites is 1. The molecule has 166 valence electrons. The van der Waals surface area contributed by atoms with Gasteiger partial charge in [-0.05, 0) is 48.5 Å². The predicted molar refractivity (Wildman–Crippen MR) is 130 cm³/mol. The van der Waals surface area contributed by atoms with Crippen LogP contribution in [0.15, 0.2) is 78.1 Å². The van der Waals surface area contributed by atoms with E-state index < -0.39 is 0 Å². The van der Waals surface area contributed by atoms with E-state index in [9.17, 15) is 0 Å². The van der Waals surface area contributed by atoms with E-state index in [1.807, 2.05) is 80.5 Å². The van der Waals surface area contributed by atoms with E-state index in [4.69, 9.17) is 9.84 Å². The monoisotopic (exact) mass is 431 g/mol. The standard InChI is InChI=1S/C25H29N5O2/c1-4-19(13-14-26-18-31)23-15-28-29-25(23)16-32-21-11-9-20(10-12-21)22-7-5-6-8-24(22)27-17-30(2)3/h4-15,17,26,31H,16,18H2,1-3H3,(H,28,29)/b14-13-,19-4+,27-17?. The fraction of sp³-hybridized carbons (Fsp3) is 0.200. The number of allylic oxidation sites excluding steroid dienone is 3. The SMILES string of the molecule is C/C=C(\C=C/NCO)c1cn[nH]c1COc1ccc(-c2ccccc2N=CN(C)C)cc1. The van der Waals surface area contributed by atoms with Crippen LogP contribution in [0.2, 0.25) is 0 Å². The summed E-state index contributed by atoms with van der Waals surface area (Å²) in [6.07, 6.45) is 9.13. The number of rotatable bonds is 10. The number of benzene rings is 2. The molecule has 0 bridgehead atoms. The lowest BCUT2D eigenvalue weighted by atomic mass is 10.0.